The molecule has 3 aliphatic rings. The average molecular weight is 440 g/mol. The molecule has 1 saturated heterocycles. The number of thioether (sulfide) groups is 1. The number of thiocarbonyl (C=S) groups is 1. The predicted molar refractivity (Wildman–Crippen MR) is 116 cm³/mol. The van der Waals surface area contributed by atoms with Crippen molar-refractivity contribution in [2.45, 2.75) is 88.5 Å². The molecule has 0 spiro atoms. The van der Waals surface area contributed by atoms with Gasteiger partial charge in [-0.25, -0.2) is 8.78 Å². The summed E-state index contributed by atoms with van der Waals surface area (Å²) in [6.07, 6.45) is 7.91. The molecule has 0 N–H and O–H groups in total. The molecule has 0 bridgehead atoms. The van der Waals surface area contributed by atoms with Crippen LogP contribution < -0.4 is 0 Å². The summed E-state index contributed by atoms with van der Waals surface area (Å²) >= 11 is 6.85. The van der Waals surface area contributed by atoms with Gasteiger partial charge in [-0.1, -0.05) is 56.1 Å². The van der Waals surface area contributed by atoms with Crippen molar-refractivity contribution in [3.05, 3.63) is 28.6 Å². The van der Waals surface area contributed by atoms with Crippen LogP contribution in [0.5, 0.6) is 0 Å². The molecule has 2 heterocycles. The molecule has 1 aromatic heterocycles. The van der Waals surface area contributed by atoms with Crippen molar-refractivity contribution in [3.8, 4) is 0 Å². The zero-order valence-corrected chi connectivity index (χ0v) is 18.1. The van der Waals surface area contributed by atoms with Crippen LogP contribution in [0.2, 0.25) is 0 Å². The fraction of sp³-hybridized carbons (Fsp3) is 0.636. The number of furan rings is 1. The summed E-state index contributed by atoms with van der Waals surface area (Å²) in [6, 6.07) is 3.81. The van der Waals surface area contributed by atoms with Gasteiger partial charge in [0.25, 0.3) is 5.91 Å². The molecule has 29 heavy (non-hydrogen) atoms. The number of amides is 1. The van der Waals surface area contributed by atoms with E-state index in [1.165, 1.54) is 31.0 Å². The molecule has 7 heteroatoms. The van der Waals surface area contributed by atoms with Crippen molar-refractivity contribution in [2.75, 3.05) is 0 Å². The van der Waals surface area contributed by atoms with E-state index in [4.69, 9.17) is 16.6 Å². The van der Waals surface area contributed by atoms with Crippen LogP contribution in [0.3, 0.4) is 0 Å². The van der Waals surface area contributed by atoms with Crippen molar-refractivity contribution in [1.82, 2.24) is 4.90 Å². The van der Waals surface area contributed by atoms with Crippen LogP contribution in [0.4, 0.5) is 8.78 Å². The Morgan fingerprint density at radius 2 is 1.76 bits per heavy atom. The molecule has 0 radical (unpaired) electrons. The SMILES string of the molecule is O=C1/C(=C/c2ccc(C3CCC(F)C(F)C3)o2)SC(=S)N1C1CCCCCCC1. The molecule has 4 rings (SSSR count). The molecule has 1 aliphatic heterocycles. The van der Waals surface area contributed by atoms with E-state index in [2.05, 4.69) is 0 Å². The fourth-order valence-electron chi connectivity index (χ4n) is 4.62. The van der Waals surface area contributed by atoms with Crippen LogP contribution in [0, 0.1) is 0 Å². The molecule has 3 unspecified atom stereocenters. The maximum absolute atomic E-state index is 13.7. The minimum absolute atomic E-state index is 0.0368. The minimum Gasteiger partial charge on any atom is -0.461 e. The Bertz CT molecular complexity index is 786. The Kier molecular flexibility index (Phi) is 6.74. The zero-order chi connectivity index (χ0) is 20.4. The number of carbonyl (C=O) groups is 1. The van der Waals surface area contributed by atoms with Gasteiger partial charge >= 0.3 is 0 Å². The summed E-state index contributed by atoms with van der Waals surface area (Å²) in [4.78, 5) is 15.4. The summed E-state index contributed by atoms with van der Waals surface area (Å²) in [5.41, 5.74) is 0. The van der Waals surface area contributed by atoms with Gasteiger partial charge in [-0.05, 0) is 44.2 Å². The zero-order valence-electron chi connectivity index (χ0n) is 16.4. The molecule has 158 valence electrons. The lowest BCUT2D eigenvalue weighted by atomic mass is 9.85. The lowest BCUT2D eigenvalue weighted by Gasteiger charge is -2.28. The van der Waals surface area contributed by atoms with E-state index in [9.17, 15) is 13.6 Å². The summed E-state index contributed by atoms with van der Waals surface area (Å²) in [7, 11) is 0. The Hall–Kier alpha value is -1.21. The molecule has 2 saturated carbocycles. The van der Waals surface area contributed by atoms with E-state index in [1.807, 2.05) is 6.07 Å². The van der Waals surface area contributed by atoms with Crippen molar-refractivity contribution in [1.29, 1.82) is 0 Å². The van der Waals surface area contributed by atoms with Gasteiger partial charge in [0, 0.05) is 18.0 Å². The summed E-state index contributed by atoms with van der Waals surface area (Å²) in [6.45, 7) is 0. The van der Waals surface area contributed by atoms with Gasteiger partial charge < -0.3 is 4.42 Å². The van der Waals surface area contributed by atoms with E-state index in [0.717, 1.165) is 25.7 Å². The van der Waals surface area contributed by atoms with Crippen LogP contribution in [0.15, 0.2) is 21.5 Å². The highest BCUT2D eigenvalue weighted by atomic mass is 32.2. The van der Waals surface area contributed by atoms with Gasteiger partial charge in [0.15, 0.2) is 0 Å². The van der Waals surface area contributed by atoms with Gasteiger partial charge in [0.05, 0.1) is 4.91 Å². The van der Waals surface area contributed by atoms with Gasteiger partial charge in [0.2, 0.25) is 0 Å². The van der Waals surface area contributed by atoms with Crippen LogP contribution in [-0.2, 0) is 4.79 Å². The van der Waals surface area contributed by atoms with Crippen molar-refractivity contribution in [3.63, 3.8) is 0 Å². The first-order chi connectivity index (χ1) is 14.0. The monoisotopic (exact) mass is 439 g/mol. The second kappa shape index (κ2) is 9.29. The summed E-state index contributed by atoms with van der Waals surface area (Å²) < 4.78 is 33.6. The third kappa shape index (κ3) is 4.76. The number of hydrogen-bond acceptors (Lipinski definition) is 4. The van der Waals surface area contributed by atoms with Gasteiger partial charge in [-0.3, -0.25) is 9.69 Å². The normalized spacial score (nSPS) is 31.3. The Labute approximate surface area is 180 Å². The number of nitrogens with zero attached hydrogens (tertiary/aromatic N) is 1. The largest absolute Gasteiger partial charge is 0.461 e. The lowest BCUT2D eigenvalue weighted by molar-refractivity contribution is -0.123. The number of hydrogen-bond donors (Lipinski definition) is 0. The summed E-state index contributed by atoms with van der Waals surface area (Å²) in [5, 5.41) is 0. The highest BCUT2D eigenvalue weighted by Gasteiger charge is 2.37. The molecule has 2 aliphatic carbocycles. The maximum Gasteiger partial charge on any atom is 0.266 e. The quantitative estimate of drug-likeness (QED) is 0.396. The third-order valence-electron chi connectivity index (χ3n) is 6.28. The predicted octanol–water partition coefficient (Wildman–Crippen LogP) is 6.54. The molecule has 1 amide bonds. The summed E-state index contributed by atoms with van der Waals surface area (Å²) in [5.74, 6) is 1.09. The highest BCUT2D eigenvalue weighted by Crippen LogP contribution is 2.39. The van der Waals surface area contributed by atoms with Crippen LogP contribution in [0.1, 0.15) is 81.6 Å². The Balaban J connectivity index is 1.45. The fourth-order valence-corrected chi connectivity index (χ4v) is 6.00. The molecule has 3 nitrogen and oxygen atoms in total. The first-order valence-corrected chi connectivity index (χ1v) is 11.9. The maximum atomic E-state index is 13.7. The molecule has 1 aromatic rings. The second-order valence-electron chi connectivity index (χ2n) is 8.33. The lowest BCUT2D eigenvalue weighted by Crippen LogP contribution is -2.39. The van der Waals surface area contributed by atoms with Gasteiger partial charge in [0.1, 0.15) is 28.2 Å². The van der Waals surface area contributed by atoms with E-state index in [1.54, 1.807) is 17.0 Å². The Morgan fingerprint density at radius 1 is 1.03 bits per heavy atom. The van der Waals surface area contributed by atoms with Crippen molar-refractivity contribution >= 4 is 40.3 Å². The molecular formula is C22H27F2NO2S2. The standard InChI is InChI=1S/C22H27F2NO2S2/c23-17-10-8-14(12-18(17)24)19-11-9-16(27-19)13-20-21(26)25(22(28)29-20)15-6-4-2-1-3-5-7-15/h9,11,13-15,17-18H,1-8,10,12H2/b20-13-. The molecule has 3 atom stereocenters. The van der Waals surface area contributed by atoms with E-state index >= 15 is 0 Å². The van der Waals surface area contributed by atoms with E-state index in [-0.39, 0.29) is 30.7 Å². The molecule has 3 fully saturated rings. The topological polar surface area (TPSA) is 33.5 Å². The van der Waals surface area contributed by atoms with Crippen LogP contribution >= 0.6 is 24.0 Å². The smallest absolute Gasteiger partial charge is 0.266 e. The number of alkyl halides is 2. The second-order valence-corrected chi connectivity index (χ2v) is 10.0. The minimum atomic E-state index is -1.43. The van der Waals surface area contributed by atoms with E-state index in [0.29, 0.717) is 27.2 Å². The molecule has 0 aromatic carbocycles. The number of rotatable bonds is 3. The number of carbonyl (C=O) groups excluding carboxylic acids is 1. The van der Waals surface area contributed by atoms with Gasteiger partial charge in [-0.2, -0.15) is 0 Å². The molecular weight excluding hydrogens is 412 g/mol. The van der Waals surface area contributed by atoms with E-state index < -0.39 is 12.3 Å². The Morgan fingerprint density at radius 3 is 2.48 bits per heavy atom. The van der Waals surface area contributed by atoms with Crippen molar-refractivity contribution < 1.29 is 18.0 Å². The first kappa shape index (κ1) is 21.0. The first-order valence-electron chi connectivity index (χ1n) is 10.7. The van der Waals surface area contributed by atoms with Crippen LogP contribution in [0.25, 0.3) is 6.08 Å². The third-order valence-corrected chi connectivity index (χ3v) is 7.61. The average Bonchev–Trinajstić information content (AvgIpc) is 3.23. The van der Waals surface area contributed by atoms with Gasteiger partial charge in [-0.15, -0.1) is 0 Å². The highest BCUT2D eigenvalue weighted by molar-refractivity contribution is 8.26. The van der Waals surface area contributed by atoms with Crippen LogP contribution in [-0.4, -0.2) is 33.5 Å². The number of halogens is 2. The van der Waals surface area contributed by atoms with Crippen molar-refractivity contribution in [2.24, 2.45) is 0 Å².